The molecule has 0 fully saturated rings. The molecule has 0 amide bonds. The SMILES string of the molecule is CC(C)(C#N)Nc1ccc(-c2cccnc2)nn1. The molecule has 0 spiro atoms. The van der Waals surface area contributed by atoms with Gasteiger partial charge in [0, 0.05) is 18.0 Å². The molecule has 0 aliphatic heterocycles. The predicted molar refractivity (Wildman–Crippen MR) is 68.6 cm³/mol. The number of hydrogen-bond acceptors (Lipinski definition) is 5. The fourth-order valence-corrected chi connectivity index (χ4v) is 1.42. The molecule has 1 N–H and O–H groups in total. The summed E-state index contributed by atoms with van der Waals surface area (Å²) in [6.07, 6.45) is 3.44. The van der Waals surface area contributed by atoms with Crippen molar-refractivity contribution in [2.45, 2.75) is 19.4 Å². The standard InChI is InChI=1S/C13H13N5/c1-13(2,9-14)16-12-6-5-11(17-18-12)10-4-3-7-15-8-10/h3-8H,1-2H3,(H,16,18). The van der Waals surface area contributed by atoms with E-state index in [0.717, 1.165) is 11.3 Å². The maximum atomic E-state index is 8.92. The molecule has 5 heteroatoms. The van der Waals surface area contributed by atoms with Crippen molar-refractivity contribution in [3.05, 3.63) is 36.7 Å². The van der Waals surface area contributed by atoms with Gasteiger partial charge in [0.1, 0.15) is 11.4 Å². The summed E-state index contributed by atoms with van der Waals surface area (Å²) in [5, 5.41) is 20.1. The number of nitriles is 1. The Morgan fingerprint density at radius 2 is 2.06 bits per heavy atom. The highest BCUT2D eigenvalue weighted by Gasteiger charge is 2.16. The molecule has 0 atom stereocenters. The number of nitrogens with one attached hydrogen (secondary N) is 1. The Balaban J connectivity index is 2.19. The predicted octanol–water partition coefficient (Wildman–Crippen LogP) is 2.25. The lowest BCUT2D eigenvalue weighted by Crippen LogP contribution is -2.29. The smallest absolute Gasteiger partial charge is 0.149 e. The van der Waals surface area contributed by atoms with Crippen LogP contribution in [-0.4, -0.2) is 20.7 Å². The summed E-state index contributed by atoms with van der Waals surface area (Å²) in [5.41, 5.74) is 1.00. The molecule has 2 aromatic rings. The Bertz CT molecular complexity index is 554. The van der Waals surface area contributed by atoms with Gasteiger partial charge >= 0.3 is 0 Å². The quantitative estimate of drug-likeness (QED) is 0.889. The maximum Gasteiger partial charge on any atom is 0.149 e. The molecule has 5 nitrogen and oxygen atoms in total. The second kappa shape index (κ2) is 4.80. The first kappa shape index (κ1) is 12.0. The van der Waals surface area contributed by atoms with E-state index >= 15 is 0 Å². The van der Waals surface area contributed by atoms with Crippen LogP contribution in [0.5, 0.6) is 0 Å². The lowest BCUT2D eigenvalue weighted by Gasteiger charge is -2.17. The summed E-state index contributed by atoms with van der Waals surface area (Å²) in [5.74, 6) is 0.578. The van der Waals surface area contributed by atoms with Crippen molar-refractivity contribution in [3.8, 4) is 17.3 Å². The second-order valence-electron chi connectivity index (χ2n) is 4.41. The Morgan fingerprint density at radius 3 is 2.61 bits per heavy atom. The maximum absolute atomic E-state index is 8.92. The summed E-state index contributed by atoms with van der Waals surface area (Å²) < 4.78 is 0. The van der Waals surface area contributed by atoms with Crippen molar-refractivity contribution >= 4 is 5.82 Å². The van der Waals surface area contributed by atoms with Crippen LogP contribution in [0, 0.1) is 11.3 Å². The van der Waals surface area contributed by atoms with Gasteiger partial charge in [-0.25, -0.2) is 0 Å². The van der Waals surface area contributed by atoms with Gasteiger partial charge in [0.05, 0.1) is 11.8 Å². The zero-order valence-corrected chi connectivity index (χ0v) is 10.3. The first-order valence-corrected chi connectivity index (χ1v) is 5.54. The van der Waals surface area contributed by atoms with Crippen LogP contribution in [0.1, 0.15) is 13.8 Å². The van der Waals surface area contributed by atoms with Crippen molar-refractivity contribution in [2.75, 3.05) is 5.32 Å². The highest BCUT2D eigenvalue weighted by atomic mass is 15.2. The van der Waals surface area contributed by atoms with Crippen molar-refractivity contribution in [3.63, 3.8) is 0 Å². The van der Waals surface area contributed by atoms with Crippen LogP contribution in [0.4, 0.5) is 5.82 Å². The summed E-state index contributed by atoms with van der Waals surface area (Å²) in [6, 6.07) is 9.56. The molecule has 0 aromatic carbocycles. The number of anilines is 1. The minimum atomic E-state index is -0.662. The molecule has 0 saturated carbocycles. The number of hydrogen-bond donors (Lipinski definition) is 1. The molecule has 0 radical (unpaired) electrons. The summed E-state index contributed by atoms with van der Waals surface area (Å²) >= 11 is 0. The lowest BCUT2D eigenvalue weighted by atomic mass is 10.1. The number of pyridine rings is 1. The van der Waals surface area contributed by atoms with Gasteiger partial charge in [-0.1, -0.05) is 0 Å². The van der Waals surface area contributed by atoms with Crippen LogP contribution in [0.25, 0.3) is 11.3 Å². The van der Waals surface area contributed by atoms with E-state index in [2.05, 4.69) is 26.6 Å². The summed E-state index contributed by atoms with van der Waals surface area (Å²) in [6.45, 7) is 3.56. The van der Waals surface area contributed by atoms with E-state index in [9.17, 15) is 0 Å². The van der Waals surface area contributed by atoms with Crippen LogP contribution in [0.3, 0.4) is 0 Å². The van der Waals surface area contributed by atoms with Gasteiger partial charge < -0.3 is 5.32 Å². The summed E-state index contributed by atoms with van der Waals surface area (Å²) in [7, 11) is 0. The van der Waals surface area contributed by atoms with Crippen molar-refractivity contribution in [1.29, 1.82) is 5.26 Å². The lowest BCUT2D eigenvalue weighted by molar-refractivity contribution is 0.719. The topological polar surface area (TPSA) is 74.5 Å². The van der Waals surface area contributed by atoms with Gasteiger partial charge in [0.15, 0.2) is 0 Å². The van der Waals surface area contributed by atoms with E-state index < -0.39 is 5.54 Å². The molecule has 18 heavy (non-hydrogen) atoms. The molecule has 90 valence electrons. The van der Waals surface area contributed by atoms with Gasteiger partial charge in [0.25, 0.3) is 0 Å². The Labute approximate surface area is 106 Å². The van der Waals surface area contributed by atoms with Gasteiger partial charge in [-0.15, -0.1) is 10.2 Å². The first-order valence-electron chi connectivity index (χ1n) is 5.54. The molecule has 2 aromatic heterocycles. The summed E-state index contributed by atoms with van der Waals surface area (Å²) in [4.78, 5) is 4.03. The fourth-order valence-electron chi connectivity index (χ4n) is 1.42. The van der Waals surface area contributed by atoms with Crippen LogP contribution < -0.4 is 5.32 Å². The van der Waals surface area contributed by atoms with E-state index in [4.69, 9.17) is 5.26 Å². The molecule has 0 aliphatic rings. The van der Waals surface area contributed by atoms with Gasteiger partial charge in [-0.3, -0.25) is 4.98 Å². The van der Waals surface area contributed by atoms with Gasteiger partial charge in [-0.05, 0) is 38.1 Å². The number of nitrogens with zero attached hydrogens (tertiary/aromatic N) is 4. The zero-order chi connectivity index (χ0) is 13.0. The number of aromatic nitrogens is 3. The van der Waals surface area contributed by atoms with Crippen molar-refractivity contribution in [1.82, 2.24) is 15.2 Å². The molecule has 2 heterocycles. The van der Waals surface area contributed by atoms with Crippen molar-refractivity contribution in [2.24, 2.45) is 0 Å². The zero-order valence-electron chi connectivity index (χ0n) is 10.3. The normalized spacial score (nSPS) is 10.7. The van der Waals surface area contributed by atoms with Crippen LogP contribution in [0.2, 0.25) is 0 Å². The van der Waals surface area contributed by atoms with Gasteiger partial charge in [-0.2, -0.15) is 5.26 Å². The minimum Gasteiger partial charge on any atom is -0.351 e. The molecular weight excluding hydrogens is 226 g/mol. The van der Waals surface area contributed by atoms with E-state index in [0.29, 0.717) is 5.82 Å². The average Bonchev–Trinajstić information content (AvgIpc) is 2.40. The third-order valence-electron chi connectivity index (χ3n) is 2.34. The van der Waals surface area contributed by atoms with Crippen molar-refractivity contribution < 1.29 is 0 Å². The second-order valence-corrected chi connectivity index (χ2v) is 4.41. The molecule has 0 aliphatic carbocycles. The van der Waals surface area contributed by atoms with E-state index in [1.165, 1.54) is 0 Å². The highest BCUT2D eigenvalue weighted by Crippen LogP contribution is 2.17. The molecule has 0 unspecified atom stereocenters. The fraction of sp³-hybridized carbons (Fsp3) is 0.231. The van der Waals surface area contributed by atoms with Crippen LogP contribution in [0.15, 0.2) is 36.7 Å². The monoisotopic (exact) mass is 239 g/mol. The average molecular weight is 239 g/mol. The van der Waals surface area contributed by atoms with E-state index in [-0.39, 0.29) is 0 Å². The Morgan fingerprint density at radius 1 is 1.22 bits per heavy atom. The number of rotatable bonds is 3. The van der Waals surface area contributed by atoms with Crippen LogP contribution >= 0.6 is 0 Å². The Hall–Kier alpha value is -2.48. The molecular formula is C13H13N5. The van der Waals surface area contributed by atoms with Crippen LogP contribution in [-0.2, 0) is 0 Å². The minimum absolute atomic E-state index is 0.578. The van der Waals surface area contributed by atoms with Gasteiger partial charge in [0.2, 0.25) is 0 Å². The highest BCUT2D eigenvalue weighted by molar-refractivity contribution is 5.58. The molecule has 2 rings (SSSR count). The molecule has 0 bridgehead atoms. The third-order valence-corrected chi connectivity index (χ3v) is 2.34. The first-order chi connectivity index (χ1) is 8.61. The Kier molecular flexibility index (Phi) is 3.20. The largest absolute Gasteiger partial charge is 0.351 e. The third kappa shape index (κ3) is 2.80. The van der Waals surface area contributed by atoms with E-state index in [1.807, 2.05) is 18.2 Å². The van der Waals surface area contributed by atoms with E-state index in [1.54, 1.807) is 32.3 Å². The molecule has 0 saturated heterocycles.